The van der Waals surface area contributed by atoms with E-state index in [4.69, 9.17) is 4.42 Å². The highest BCUT2D eigenvalue weighted by molar-refractivity contribution is 5.97. The average Bonchev–Trinajstić information content (AvgIpc) is 3.23. The quantitative estimate of drug-likeness (QED) is 0.460. The van der Waals surface area contributed by atoms with E-state index < -0.39 is 0 Å². The Morgan fingerprint density at radius 2 is 1.87 bits per heavy atom. The molecular formula is C23H19N5O2. The monoisotopic (exact) mass is 397 g/mol. The summed E-state index contributed by atoms with van der Waals surface area (Å²) in [4.78, 5) is 28.5. The highest BCUT2D eigenvalue weighted by atomic mass is 16.4. The Kier molecular flexibility index (Phi) is 4.28. The van der Waals surface area contributed by atoms with Crippen LogP contribution >= 0.6 is 0 Å². The van der Waals surface area contributed by atoms with Crippen LogP contribution in [0.1, 0.15) is 24.3 Å². The topological polar surface area (TPSA) is 96.7 Å². The Morgan fingerprint density at radius 1 is 1.03 bits per heavy atom. The highest BCUT2D eigenvalue weighted by Gasteiger charge is 2.21. The minimum absolute atomic E-state index is 0.340. The van der Waals surface area contributed by atoms with Crippen LogP contribution in [0.3, 0.4) is 0 Å². The van der Waals surface area contributed by atoms with E-state index in [2.05, 4.69) is 31.3 Å². The molecule has 5 aromatic rings. The molecule has 0 bridgehead atoms. The van der Waals surface area contributed by atoms with Crippen LogP contribution in [0.15, 0.2) is 70.4 Å². The minimum atomic E-state index is -0.363. The zero-order valence-corrected chi connectivity index (χ0v) is 16.5. The number of nitrogens with zero attached hydrogens (tertiary/aromatic N) is 3. The first-order chi connectivity index (χ1) is 14.6. The molecule has 7 heteroatoms. The molecule has 0 saturated heterocycles. The maximum atomic E-state index is 12.7. The molecule has 2 aromatic carbocycles. The molecule has 0 amide bonds. The predicted molar refractivity (Wildman–Crippen MR) is 116 cm³/mol. The van der Waals surface area contributed by atoms with Gasteiger partial charge in [0.05, 0.1) is 17.8 Å². The van der Waals surface area contributed by atoms with Gasteiger partial charge in [0.15, 0.2) is 11.5 Å². The van der Waals surface area contributed by atoms with Crippen LogP contribution in [-0.4, -0.2) is 19.9 Å². The van der Waals surface area contributed by atoms with Crippen LogP contribution in [0, 0.1) is 6.92 Å². The van der Waals surface area contributed by atoms with E-state index in [1.807, 2.05) is 50.2 Å². The van der Waals surface area contributed by atoms with Gasteiger partial charge in [-0.15, -0.1) is 0 Å². The van der Waals surface area contributed by atoms with Crippen molar-refractivity contribution in [1.29, 1.82) is 0 Å². The fourth-order valence-electron chi connectivity index (χ4n) is 3.76. The lowest BCUT2D eigenvalue weighted by atomic mass is 9.95. The van der Waals surface area contributed by atoms with Gasteiger partial charge in [0, 0.05) is 10.9 Å². The lowest BCUT2D eigenvalue weighted by Gasteiger charge is -2.19. The number of hydrogen-bond acceptors (Lipinski definition) is 6. The molecule has 1 unspecified atom stereocenters. The number of anilines is 1. The Balaban J connectivity index is 1.71. The molecule has 0 spiro atoms. The van der Waals surface area contributed by atoms with Crippen LogP contribution < -0.4 is 10.9 Å². The van der Waals surface area contributed by atoms with E-state index in [-0.39, 0.29) is 11.7 Å². The third-order valence-electron chi connectivity index (χ3n) is 5.14. The second kappa shape index (κ2) is 7.11. The Morgan fingerprint density at radius 3 is 2.70 bits per heavy atom. The van der Waals surface area contributed by atoms with Crippen molar-refractivity contribution in [3.8, 4) is 11.1 Å². The van der Waals surface area contributed by atoms with Crippen molar-refractivity contribution < 1.29 is 4.42 Å². The largest absolute Gasteiger partial charge is 0.425 e. The maximum absolute atomic E-state index is 12.7. The molecular weight excluding hydrogens is 378 g/mol. The van der Waals surface area contributed by atoms with Crippen molar-refractivity contribution in [1.82, 2.24) is 19.9 Å². The van der Waals surface area contributed by atoms with E-state index in [9.17, 15) is 4.79 Å². The first kappa shape index (κ1) is 18.1. The van der Waals surface area contributed by atoms with Crippen molar-refractivity contribution >= 4 is 27.8 Å². The summed E-state index contributed by atoms with van der Waals surface area (Å²) in [5, 5.41) is 4.75. The average molecular weight is 397 g/mol. The second-order valence-electron chi connectivity index (χ2n) is 7.23. The molecule has 1 atom stereocenters. The molecule has 0 aliphatic heterocycles. The molecule has 3 aromatic heterocycles. The smallest absolute Gasteiger partial charge is 0.343 e. The van der Waals surface area contributed by atoms with Gasteiger partial charge in [-0.1, -0.05) is 48.0 Å². The standard InChI is InChI=1S/C23H19N5O2/c1-13-6-5-7-15(10-13)18-16-8-3-4-9-17(16)23(29)30-20(18)14(2)28-22-19-21(25-11-24-19)26-12-27-22/h3-12,14H,1-2H3,(H2,24,25,26,27,28). The third kappa shape index (κ3) is 3.00. The normalized spacial score (nSPS) is 12.3. The number of aromatic amines is 1. The number of nitrogens with one attached hydrogen (secondary N) is 2. The van der Waals surface area contributed by atoms with Gasteiger partial charge in [0.2, 0.25) is 0 Å². The van der Waals surface area contributed by atoms with Gasteiger partial charge in [0.1, 0.15) is 17.6 Å². The number of aryl methyl sites for hydroxylation is 1. The number of fused-ring (bicyclic) bond motifs is 2. The first-order valence-electron chi connectivity index (χ1n) is 9.65. The van der Waals surface area contributed by atoms with Gasteiger partial charge in [-0.25, -0.2) is 19.7 Å². The zero-order chi connectivity index (χ0) is 20.7. The van der Waals surface area contributed by atoms with Crippen molar-refractivity contribution in [2.75, 3.05) is 5.32 Å². The number of H-pyrrole nitrogens is 1. The first-order valence-corrected chi connectivity index (χ1v) is 9.65. The summed E-state index contributed by atoms with van der Waals surface area (Å²) >= 11 is 0. The van der Waals surface area contributed by atoms with Crippen LogP contribution in [0.2, 0.25) is 0 Å². The summed E-state index contributed by atoms with van der Waals surface area (Å²) in [5.41, 5.74) is 3.91. The van der Waals surface area contributed by atoms with Gasteiger partial charge in [0.25, 0.3) is 0 Å². The zero-order valence-electron chi connectivity index (χ0n) is 16.5. The summed E-state index contributed by atoms with van der Waals surface area (Å²) in [5.74, 6) is 1.12. The van der Waals surface area contributed by atoms with E-state index in [1.54, 1.807) is 12.4 Å². The molecule has 30 heavy (non-hydrogen) atoms. The van der Waals surface area contributed by atoms with Crippen molar-refractivity contribution in [2.24, 2.45) is 0 Å². The Bertz CT molecular complexity index is 1440. The molecule has 0 fully saturated rings. The second-order valence-corrected chi connectivity index (χ2v) is 7.23. The van der Waals surface area contributed by atoms with E-state index >= 15 is 0 Å². The number of aromatic nitrogens is 4. The summed E-state index contributed by atoms with van der Waals surface area (Å²) < 4.78 is 5.85. The molecule has 0 aliphatic carbocycles. The maximum Gasteiger partial charge on any atom is 0.343 e. The Labute approximate surface area is 171 Å². The van der Waals surface area contributed by atoms with Crippen molar-refractivity contribution in [2.45, 2.75) is 19.9 Å². The molecule has 5 rings (SSSR count). The molecule has 0 radical (unpaired) electrons. The van der Waals surface area contributed by atoms with Crippen LogP contribution in [0.5, 0.6) is 0 Å². The fraction of sp³-hybridized carbons (Fsp3) is 0.130. The van der Waals surface area contributed by atoms with Crippen LogP contribution in [0.25, 0.3) is 33.1 Å². The third-order valence-corrected chi connectivity index (χ3v) is 5.14. The summed E-state index contributed by atoms with van der Waals surface area (Å²) in [6, 6.07) is 15.3. The minimum Gasteiger partial charge on any atom is -0.425 e. The molecule has 3 heterocycles. The number of benzene rings is 2. The summed E-state index contributed by atoms with van der Waals surface area (Å²) in [6.07, 6.45) is 3.04. The Hall–Kier alpha value is -4.00. The predicted octanol–water partition coefficient (Wildman–Crippen LogP) is 4.61. The fourth-order valence-corrected chi connectivity index (χ4v) is 3.76. The number of imidazole rings is 1. The van der Waals surface area contributed by atoms with Gasteiger partial charge in [-0.05, 0) is 25.5 Å². The van der Waals surface area contributed by atoms with E-state index in [0.29, 0.717) is 28.1 Å². The number of rotatable bonds is 4. The van der Waals surface area contributed by atoms with Crippen LogP contribution in [-0.2, 0) is 0 Å². The van der Waals surface area contributed by atoms with Gasteiger partial charge < -0.3 is 14.7 Å². The van der Waals surface area contributed by atoms with E-state index in [0.717, 1.165) is 22.1 Å². The molecule has 2 N–H and O–H groups in total. The molecule has 0 saturated carbocycles. The number of hydrogen-bond donors (Lipinski definition) is 2. The highest BCUT2D eigenvalue weighted by Crippen LogP contribution is 2.35. The van der Waals surface area contributed by atoms with Crippen molar-refractivity contribution in [3.63, 3.8) is 0 Å². The van der Waals surface area contributed by atoms with Crippen LogP contribution in [0.4, 0.5) is 5.82 Å². The van der Waals surface area contributed by atoms with Gasteiger partial charge >= 0.3 is 5.63 Å². The van der Waals surface area contributed by atoms with Crippen molar-refractivity contribution in [3.05, 3.63) is 82.9 Å². The molecule has 0 aliphatic rings. The lowest BCUT2D eigenvalue weighted by molar-refractivity contribution is 0.452. The SMILES string of the molecule is Cc1cccc(-c2c(C(C)Nc3ncnc4[nH]cnc34)oc(=O)c3ccccc23)c1. The molecule has 148 valence electrons. The van der Waals surface area contributed by atoms with E-state index in [1.165, 1.54) is 6.33 Å². The van der Waals surface area contributed by atoms with Gasteiger partial charge in [-0.3, -0.25) is 0 Å². The van der Waals surface area contributed by atoms with Gasteiger partial charge in [-0.2, -0.15) is 0 Å². The summed E-state index contributed by atoms with van der Waals surface area (Å²) in [6.45, 7) is 3.98. The molecule has 7 nitrogen and oxygen atoms in total. The lowest BCUT2D eigenvalue weighted by Crippen LogP contribution is -2.14. The summed E-state index contributed by atoms with van der Waals surface area (Å²) in [7, 11) is 0.